The predicted molar refractivity (Wildman–Crippen MR) is 55.9 cm³/mol. The average molecular weight is 223 g/mol. The molecular weight excluding hydrogens is 210 g/mol. The van der Waals surface area contributed by atoms with Crippen molar-refractivity contribution in [2.45, 2.75) is 44.8 Å². The molecule has 0 aliphatic carbocycles. The summed E-state index contributed by atoms with van der Waals surface area (Å²) >= 11 is 0. The van der Waals surface area contributed by atoms with Gasteiger partial charge in [-0.3, -0.25) is 0 Å². The maximum Gasteiger partial charge on any atom is 0.277 e. The highest BCUT2D eigenvalue weighted by molar-refractivity contribution is 5.42. The highest BCUT2D eigenvalue weighted by Crippen LogP contribution is 2.22. The van der Waals surface area contributed by atoms with E-state index in [1.54, 1.807) is 0 Å². The lowest BCUT2D eigenvalue weighted by Crippen LogP contribution is -2.20. The standard InChI is InChI=1S/C10H13N3O3/c1-2-3-4-5-6-10(11-7-14,12-8-15)13-9-16/h2-6H2,1H3. The van der Waals surface area contributed by atoms with Gasteiger partial charge in [-0.25, -0.2) is 14.4 Å². The minimum absolute atomic E-state index is 0.201. The summed E-state index contributed by atoms with van der Waals surface area (Å²) in [5.74, 6) is -1.70. The molecule has 0 rings (SSSR count). The number of carbonyl (C=O) groups excluding carboxylic acids is 3. The predicted octanol–water partition coefficient (Wildman–Crippen LogP) is 1.62. The highest BCUT2D eigenvalue weighted by atomic mass is 16.1. The molecule has 0 radical (unpaired) electrons. The second kappa shape index (κ2) is 8.45. The average Bonchev–Trinajstić information content (AvgIpc) is 2.26. The van der Waals surface area contributed by atoms with E-state index < -0.39 is 5.79 Å². The minimum atomic E-state index is -1.70. The normalized spacial score (nSPS) is 12.6. The molecule has 0 aromatic rings. The van der Waals surface area contributed by atoms with Crippen LogP contribution in [0, 0.1) is 0 Å². The molecule has 0 heterocycles. The van der Waals surface area contributed by atoms with Crippen molar-refractivity contribution in [3.05, 3.63) is 0 Å². The van der Waals surface area contributed by atoms with Gasteiger partial charge in [0.2, 0.25) is 18.2 Å². The van der Waals surface area contributed by atoms with Gasteiger partial charge < -0.3 is 0 Å². The summed E-state index contributed by atoms with van der Waals surface area (Å²) in [5.41, 5.74) is 0. The van der Waals surface area contributed by atoms with Crippen molar-refractivity contribution in [1.29, 1.82) is 0 Å². The summed E-state index contributed by atoms with van der Waals surface area (Å²) in [4.78, 5) is 40.4. The molecule has 0 aromatic carbocycles. The van der Waals surface area contributed by atoms with Gasteiger partial charge in [0, 0.05) is 6.42 Å². The molecule has 6 nitrogen and oxygen atoms in total. The lowest BCUT2D eigenvalue weighted by Gasteiger charge is -2.14. The first-order valence-corrected chi connectivity index (χ1v) is 5.01. The fourth-order valence-electron chi connectivity index (χ4n) is 1.25. The first-order valence-electron chi connectivity index (χ1n) is 5.01. The molecule has 0 saturated heterocycles. The summed E-state index contributed by atoms with van der Waals surface area (Å²) in [6, 6.07) is 0. The van der Waals surface area contributed by atoms with Gasteiger partial charge in [0.05, 0.1) is 0 Å². The van der Waals surface area contributed by atoms with Crippen LogP contribution < -0.4 is 0 Å². The van der Waals surface area contributed by atoms with Crippen LogP contribution in [0.4, 0.5) is 0 Å². The van der Waals surface area contributed by atoms with Crippen molar-refractivity contribution in [3.63, 3.8) is 0 Å². The van der Waals surface area contributed by atoms with Crippen LogP contribution in [-0.4, -0.2) is 24.0 Å². The second-order valence-corrected chi connectivity index (χ2v) is 3.19. The third-order valence-corrected chi connectivity index (χ3v) is 2.04. The quantitative estimate of drug-likeness (QED) is 0.355. The Morgan fingerprint density at radius 3 is 1.75 bits per heavy atom. The van der Waals surface area contributed by atoms with Crippen molar-refractivity contribution in [2.75, 3.05) is 0 Å². The van der Waals surface area contributed by atoms with Gasteiger partial charge in [0.1, 0.15) is 0 Å². The highest BCUT2D eigenvalue weighted by Gasteiger charge is 2.27. The fourth-order valence-corrected chi connectivity index (χ4v) is 1.25. The van der Waals surface area contributed by atoms with E-state index in [2.05, 4.69) is 15.0 Å². The van der Waals surface area contributed by atoms with Crippen LogP contribution in [0.2, 0.25) is 0 Å². The third-order valence-electron chi connectivity index (χ3n) is 2.04. The summed E-state index contributed by atoms with van der Waals surface area (Å²) in [6.45, 7) is 2.05. The van der Waals surface area contributed by atoms with E-state index in [-0.39, 0.29) is 6.42 Å². The number of aliphatic imine (C=N–C) groups is 3. The van der Waals surface area contributed by atoms with Gasteiger partial charge in [0.25, 0.3) is 5.79 Å². The number of nitrogens with zero attached hydrogens (tertiary/aromatic N) is 3. The number of hydrogen-bond acceptors (Lipinski definition) is 6. The molecule has 0 saturated carbocycles. The van der Waals surface area contributed by atoms with Crippen LogP contribution in [0.25, 0.3) is 0 Å². The summed E-state index contributed by atoms with van der Waals surface area (Å²) in [5, 5.41) is 0. The summed E-state index contributed by atoms with van der Waals surface area (Å²) in [6.07, 6.45) is 7.53. The largest absolute Gasteiger partial charge is 0.277 e. The van der Waals surface area contributed by atoms with Crippen LogP contribution in [0.3, 0.4) is 0 Å². The zero-order chi connectivity index (χ0) is 12.3. The van der Waals surface area contributed by atoms with Crippen LogP contribution in [0.5, 0.6) is 0 Å². The molecule has 6 heteroatoms. The number of rotatable bonds is 8. The van der Waals surface area contributed by atoms with E-state index in [9.17, 15) is 14.4 Å². The smallest absolute Gasteiger partial charge is 0.211 e. The molecule has 0 N–H and O–H groups in total. The Bertz CT molecular complexity index is 303. The minimum Gasteiger partial charge on any atom is -0.211 e. The molecule has 0 bridgehead atoms. The zero-order valence-electron chi connectivity index (χ0n) is 9.10. The molecular formula is C10H13N3O3. The fraction of sp³-hybridized carbons (Fsp3) is 0.700. The Kier molecular flexibility index (Phi) is 7.47. The van der Waals surface area contributed by atoms with Gasteiger partial charge >= 0.3 is 0 Å². The van der Waals surface area contributed by atoms with E-state index >= 15 is 0 Å². The van der Waals surface area contributed by atoms with Gasteiger partial charge in [-0.1, -0.05) is 26.2 Å². The van der Waals surface area contributed by atoms with Crippen LogP contribution in [-0.2, 0) is 14.4 Å². The summed E-state index contributed by atoms with van der Waals surface area (Å²) in [7, 11) is 0. The molecule has 0 aliphatic rings. The Morgan fingerprint density at radius 1 is 0.875 bits per heavy atom. The number of isocyanates is 3. The first-order chi connectivity index (χ1) is 7.74. The van der Waals surface area contributed by atoms with Gasteiger partial charge in [0.15, 0.2) is 0 Å². The summed E-state index contributed by atoms with van der Waals surface area (Å²) < 4.78 is 0. The van der Waals surface area contributed by atoms with Crippen LogP contribution >= 0.6 is 0 Å². The molecule has 0 fully saturated rings. The molecule has 0 amide bonds. The van der Waals surface area contributed by atoms with Crippen LogP contribution in [0.15, 0.2) is 15.0 Å². The number of unbranched alkanes of at least 4 members (excludes halogenated alkanes) is 3. The topological polar surface area (TPSA) is 88.3 Å². The molecule has 16 heavy (non-hydrogen) atoms. The molecule has 0 aliphatic heterocycles. The molecule has 0 atom stereocenters. The van der Waals surface area contributed by atoms with Crippen molar-refractivity contribution in [1.82, 2.24) is 0 Å². The molecule has 0 aromatic heterocycles. The van der Waals surface area contributed by atoms with Crippen molar-refractivity contribution >= 4 is 18.2 Å². The van der Waals surface area contributed by atoms with Crippen molar-refractivity contribution in [3.8, 4) is 0 Å². The molecule has 0 spiro atoms. The Morgan fingerprint density at radius 2 is 1.38 bits per heavy atom. The molecule has 0 unspecified atom stereocenters. The Balaban J connectivity index is 4.68. The molecule has 86 valence electrons. The monoisotopic (exact) mass is 223 g/mol. The Hall–Kier alpha value is -1.86. The van der Waals surface area contributed by atoms with E-state index in [0.717, 1.165) is 19.3 Å². The maximum atomic E-state index is 10.2. The lowest BCUT2D eigenvalue weighted by atomic mass is 10.1. The van der Waals surface area contributed by atoms with Crippen molar-refractivity contribution < 1.29 is 14.4 Å². The maximum absolute atomic E-state index is 10.2. The second-order valence-electron chi connectivity index (χ2n) is 3.19. The Labute approximate surface area is 93.2 Å². The van der Waals surface area contributed by atoms with E-state index in [1.165, 1.54) is 18.2 Å². The lowest BCUT2D eigenvalue weighted by molar-refractivity contribution is 0.400. The zero-order valence-corrected chi connectivity index (χ0v) is 9.10. The first kappa shape index (κ1) is 14.1. The third kappa shape index (κ3) is 5.13. The van der Waals surface area contributed by atoms with E-state index in [4.69, 9.17) is 0 Å². The van der Waals surface area contributed by atoms with E-state index in [1.807, 2.05) is 6.92 Å². The van der Waals surface area contributed by atoms with Gasteiger partial charge in [-0.05, 0) is 6.42 Å². The van der Waals surface area contributed by atoms with E-state index in [0.29, 0.717) is 6.42 Å². The van der Waals surface area contributed by atoms with Crippen LogP contribution in [0.1, 0.15) is 39.0 Å². The van der Waals surface area contributed by atoms with Gasteiger partial charge in [-0.2, -0.15) is 15.0 Å². The number of hydrogen-bond donors (Lipinski definition) is 0. The van der Waals surface area contributed by atoms with Gasteiger partial charge in [-0.15, -0.1) is 0 Å². The van der Waals surface area contributed by atoms with Crippen molar-refractivity contribution in [2.24, 2.45) is 15.0 Å². The SMILES string of the molecule is CCCCCCC(N=C=O)(N=C=O)N=C=O.